The maximum absolute atomic E-state index is 16.6. The van der Waals surface area contributed by atoms with Gasteiger partial charge in [0.05, 0.1) is 11.0 Å². The second-order valence-corrected chi connectivity index (χ2v) is 16.1. The third-order valence-electron chi connectivity index (χ3n) is 12.1. The van der Waals surface area contributed by atoms with Crippen molar-refractivity contribution < 1.29 is 23.6 Å². The lowest BCUT2D eigenvalue weighted by molar-refractivity contribution is -0.131. The summed E-state index contributed by atoms with van der Waals surface area (Å²) in [6.07, 6.45) is 8.51. The Morgan fingerprint density at radius 1 is 0.950 bits per heavy atom. The van der Waals surface area contributed by atoms with Gasteiger partial charge in [0.2, 0.25) is 11.8 Å². The van der Waals surface area contributed by atoms with Gasteiger partial charge in [0, 0.05) is 108 Å². The zero-order chi connectivity index (χ0) is 41.7. The number of aryl methyl sites for hydroxylation is 2. The number of amides is 5. The van der Waals surface area contributed by atoms with E-state index in [9.17, 15) is 19.2 Å². The fourth-order valence-corrected chi connectivity index (χ4v) is 8.99. The minimum absolute atomic E-state index is 0.0117. The highest BCUT2D eigenvalue weighted by atomic mass is 19.1. The molecule has 60 heavy (non-hydrogen) atoms. The van der Waals surface area contributed by atoms with Crippen molar-refractivity contribution in [3.8, 4) is 11.1 Å². The number of hydrogen-bond donors (Lipinski definition) is 2. The van der Waals surface area contributed by atoms with E-state index in [-0.39, 0.29) is 36.2 Å². The molecule has 3 aliphatic rings. The van der Waals surface area contributed by atoms with E-state index in [1.165, 1.54) is 10.5 Å². The van der Waals surface area contributed by atoms with Gasteiger partial charge in [0.1, 0.15) is 5.69 Å². The van der Waals surface area contributed by atoms with E-state index < -0.39 is 11.8 Å². The summed E-state index contributed by atoms with van der Waals surface area (Å²) in [6, 6.07) is 19.4. The van der Waals surface area contributed by atoms with Gasteiger partial charge in [-0.2, -0.15) is 10.2 Å². The molecule has 0 spiro atoms. The van der Waals surface area contributed by atoms with Gasteiger partial charge in [0.15, 0.2) is 11.6 Å². The molecule has 0 bridgehead atoms. The Bertz CT molecular complexity index is 2670. The van der Waals surface area contributed by atoms with Crippen LogP contribution in [0.5, 0.6) is 0 Å². The standard InChI is InChI=1S/C45H47FN10O4/c1-51(2)44(59)37-26-36-34(25-35(40(46)41(36)48-37)30-7-5-19-54(27-30)39(58)17-23-55-20-6-18-47-55)28-10-12-31(13-11-28)53-21-14-29(15-22-53)32-8-4-9-33-42(32)52(3)50-43(33)56-24-16-38(57)49-45(56)60/h4,6-13,18,20,25-26,29,48H,5,14-17,19,21-24,27H2,1-3H3,(H,49,57,60). The molecule has 9 rings (SSSR count). The first kappa shape index (κ1) is 38.7. The van der Waals surface area contributed by atoms with Crippen LogP contribution in [0.3, 0.4) is 0 Å². The molecule has 308 valence electrons. The van der Waals surface area contributed by atoms with E-state index in [1.54, 1.807) is 40.8 Å². The molecule has 6 aromatic rings. The van der Waals surface area contributed by atoms with Crippen LogP contribution in [-0.2, 0) is 23.2 Å². The molecule has 0 radical (unpaired) electrons. The number of aromatic amines is 1. The van der Waals surface area contributed by atoms with Crippen LogP contribution in [0.1, 0.15) is 59.6 Å². The second-order valence-electron chi connectivity index (χ2n) is 16.1. The van der Waals surface area contributed by atoms with Crippen LogP contribution in [-0.4, -0.2) is 105 Å². The zero-order valence-corrected chi connectivity index (χ0v) is 33.9. The molecule has 15 heteroatoms. The zero-order valence-electron chi connectivity index (χ0n) is 33.9. The summed E-state index contributed by atoms with van der Waals surface area (Å²) >= 11 is 0. The molecule has 3 aromatic carbocycles. The van der Waals surface area contributed by atoms with Crippen LogP contribution in [0.25, 0.3) is 38.5 Å². The number of benzene rings is 3. The lowest BCUT2D eigenvalue weighted by atomic mass is 9.87. The maximum Gasteiger partial charge on any atom is 0.329 e. The molecule has 3 aliphatic heterocycles. The summed E-state index contributed by atoms with van der Waals surface area (Å²) in [7, 11) is 5.24. The van der Waals surface area contributed by atoms with Gasteiger partial charge in [-0.25, -0.2) is 9.18 Å². The lowest BCUT2D eigenvalue weighted by Crippen LogP contribution is -2.49. The number of imide groups is 1. The number of urea groups is 1. The minimum atomic E-state index is -0.449. The third-order valence-corrected chi connectivity index (χ3v) is 12.1. The van der Waals surface area contributed by atoms with E-state index in [0.29, 0.717) is 60.9 Å². The summed E-state index contributed by atoms with van der Waals surface area (Å²) in [4.78, 5) is 61.1. The largest absolute Gasteiger partial charge is 0.371 e. The molecule has 0 aliphatic carbocycles. The molecule has 2 saturated heterocycles. The quantitative estimate of drug-likeness (QED) is 0.175. The fraction of sp³-hybridized carbons (Fsp3) is 0.333. The fourth-order valence-electron chi connectivity index (χ4n) is 8.99. The highest BCUT2D eigenvalue weighted by molar-refractivity contribution is 6.09. The Labute approximate surface area is 346 Å². The van der Waals surface area contributed by atoms with Gasteiger partial charge in [-0.05, 0) is 83.8 Å². The number of piperidine rings is 1. The molecule has 14 nitrogen and oxygen atoms in total. The first-order valence-corrected chi connectivity index (χ1v) is 20.5. The van der Waals surface area contributed by atoms with Crippen molar-refractivity contribution in [1.29, 1.82) is 0 Å². The van der Waals surface area contributed by atoms with Gasteiger partial charge < -0.3 is 19.7 Å². The van der Waals surface area contributed by atoms with Crippen molar-refractivity contribution in [1.82, 2.24) is 39.7 Å². The monoisotopic (exact) mass is 810 g/mol. The van der Waals surface area contributed by atoms with Gasteiger partial charge >= 0.3 is 6.03 Å². The average molecular weight is 811 g/mol. The van der Waals surface area contributed by atoms with Crippen molar-refractivity contribution in [3.05, 3.63) is 102 Å². The van der Waals surface area contributed by atoms with Gasteiger partial charge in [-0.1, -0.05) is 30.3 Å². The number of nitrogens with one attached hydrogen (secondary N) is 2. The highest BCUT2D eigenvalue weighted by Crippen LogP contribution is 2.40. The predicted molar refractivity (Wildman–Crippen MR) is 228 cm³/mol. The van der Waals surface area contributed by atoms with Crippen LogP contribution < -0.4 is 15.1 Å². The number of aromatic nitrogens is 5. The topological polar surface area (TPSA) is 145 Å². The number of carbonyl (C=O) groups is 4. The molecule has 0 saturated carbocycles. The van der Waals surface area contributed by atoms with Gasteiger partial charge in [0.25, 0.3) is 5.91 Å². The number of rotatable bonds is 9. The first-order chi connectivity index (χ1) is 29.0. The van der Waals surface area contributed by atoms with Crippen LogP contribution >= 0.6 is 0 Å². The Balaban J connectivity index is 0.955. The van der Waals surface area contributed by atoms with Gasteiger partial charge in [-0.3, -0.25) is 34.0 Å². The second kappa shape index (κ2) is 15.8. The van der Waals surface area contributed by atoms with E-state index in [2.05, 4.69) is 50.6 Å². The Morgan fingerprint density at radius 2 is 1.75 bits per heavy atom. The molecule has 3 aromatic heterocycles. The van der Waals surface area contributed by atoms with Crippen LogP contribution in [0.2, 0.25) is 0 Å². The van der Waals surface area contributed by atoms with Crippen molar-refractivity contribution in [2.24, 2.45) is 7.05 Å². The summed E-state index contributed by atoms with van der Waals surface area (Å²) < 4.78 is 20.2. The third kappa shape index (κ3) is 7.17. The molecule has 2 fully saturated rings. The Kier molecular flexibility index (Phi) is 10.2. The Morgan fingerprint density at radius 3 is 2.48 bits per heavy atom. The number of hydrogen-bond acceptors (Lipinski definition) is 7. The van der Waals surface area contributed by atoms with Gasteiger partial charge in [-0.15, -0.1) is 0 Å². The smallest absolute Gasteiger partial charge is 0.329 e. The Hall–Kier alpha value is -6.77. The first-order valence-electron chi connectivity index (χ1n) is 20.5. The van der Waals surface area contributed by atoms with Crippen molar-refractivity contribution in [3.63, 3.8) is 0 Å². The summed E-state index contributed by atoms with van der Waals surface area (Å²) in [5.41, 5.74) is 6.65. The molecular formula is C45H47FN10O4. The molecular weight excluding hydrogens is 764 g/mol. The molecule has 0 unspecified atom stereocenters. The molecule has 0 atom stereocenters. The molecule has 6 heterocycles. The number of para-hydroxylation sites is 1. The SMILES string of the molecule is CN(C)C(=O)c1cc2c(-c3ccc(N4CCC(c5cccc6c(N7CCC(=O)NC7=O)nn(C)c56)CC4)cc3)cc(C3=CCCN(C(=O)CCn4cccn4)C3)c(F)c2[nH]1. The maximum atomic E-state index is 16.6. The van der Waals surface area contributed by atoms with Crippen LogP contribution in [0.15, 0.2) is 79.1 Å². The van der Waals surface area contributed by atoms with E-state index in [0.717, 1.165) is 59.2 Å². The lowest BCUT2D eigenvalue weighted by Gasteiger charge is -2.34. The van der Waals surface area contributed by atoms with Crippen molar-refractivity contribution in [2.45, 2.75) is 44.6 Å². The molecule has 2 N–H and O–H groups in total. The number of H-pyrrole nitrogens is 1. The predicted octanol–water partition coefficient (Wildman–Crippen LogP) is 6.30. The number of anilines is 2. The summed E-state index contributed by atoms with van der Waals surface area (Å²) in [5, 5.41) is 12.9. The number of fused-ring (bicyclic) bond motifs is 2. The van der Waals surface area contributed by atoms with E-state index >= 15 is 4.39 Å². The number of halogens is 1. The van der Waals surface area contributed by atoms with Crippen molar-refractivity contribution in [2.75, 3.05) is 56.6 Å². The van der Waals surface area contributed by atoms with Crippen LogP contribution in [0.4, 0.5) is 20.7 Å². The van der Waals surface area contributed by atoms with Crippen molar-refractivity contribution >= 4 is 62.6 Å². The number of carbonyl (C=O) groups excluding carboxylic acids is 4. The normalized spacial score (nSPS) is 16.5. The summed E-state index contributed by atoms with van der Waals surface area (Å²) in [5.74, 6) is -0.139. The van der Waals surface area contributed by atoms with E-state index in [1.807, 2.05) is 48.3 Å². The van der Waals surface area contributed by atoms with E-state index in [4.69, 9.17) is 5.10 Å². The molecule has 5 amide bonds. The average Bonchev–Trinajstić information content (AvgIpc) is 4.03. The van der Waals surface area contributed by atoms with Crippen LogP contribution in [0, 0.1) is 5.82 Å². The summed E-state index contributed by atoms with van der Waals surface area (Å²) in [6.45, 7) is 3.29. The minimum Gasteiger partial charge on any atom is -0.371 e. The number of nitrogens with zero attached hydrogens (tertiary/aromatic N) is 8. The highest BCUT2D eigenvalue weighted by Gasteiger charge is 2.31.